The van der Waals surface area contributed by atoms with Gasteiger partial charge < -0.3 is 21.1 Å². The SMILES string of the molecule is COc1ccc(N)c2c(NC3CCNCC3)nccc12. The number of rotatable bonds is 3. The van der Waals surface area contributed by atoms with E-state index in [1.165, 1.54) is 0 Å². The van der Waals surface area contributed by atoms with Crippen molar-refractivity contribution in [3.63, 3.8) is 0 Å². The normalized spacial score (nSPS) is 16.2. The Kier molecular flexibility index (Phi) is 3.60. The summed E-state index contributed by atoms with van der Waals surface area (Å²) in [5, 5.41) is 8.84. The fraction of sp³-hybridized carbons (Fsp3) is 0.400. The molecule has 0 atom stereocenters. The number of piperidine rings is 1. The van der Waals surface area contributed by atoms with Crippen LogP contribution < -0.4 is 21.1 Å². The van der Waals surface area contributed by atoms with Crippen LogP contribution in [0.5, 0.6) is 5.75 Å². The number of anilines is 2. The maximum absolute atomic E-state index is 6.14. The van der Waals surface area contributed by atoms with Gasteiger partial charge in [0, 0.05) is 23.3 Å². The van der Waals surface area contributed by atoms with Crippen LogP contribution in [-0.4, -0.2) is 31.2 Å². The Hall–Kier alpha value is -2.01. The summed E-state index contributed by atoms with van der Waals surface area (Å²) in [5.74, 6) is 1.68. The van der Waals surface area contributed by atoms with Gasteiger partial charge in [-0.15, -0.1) is 0 Å². The quantitative estimate of drug-likeness (QED) is 0.745. The van der Waals surface area contributed by atoms with Gasteiger partial charge in [0.05, 0.1) is 12.5 Å². The molecule has 0 spiro atoms. The lowest BCUT2D eigenvalue weighted by atomic mass is 10.1. The lowest BCUT2D eigenvalue weighted by Gasteiger charge is -2.25. The highest BCUT2D eigenvalue weighted by Gasteiger charge is 2.16. The number of methoxy groups -OCH3 is 1. The molecular formula is C15H20N4O. The van der Waals surface area contributed by atoms with E-state index in [2.05, 4.69) is 15.6 Å². The van der Waals surface area contributed by atoms with Gasteiger partial charge in [0.2, 0.25) is 0 Å². The smallest absolute Gasteiger partial charge is 0.136 e. The van der Waals surface area contributed by atoms with Gasteiger partial charge in [-0.3, -0.25) is 0 Å². The summed E-state index contributed by atoms with van der Waals surface area (Å²) in [6.45, 7) is 2.09. The zero-order chi connectivity index (χ0) is 13.9. The van der Waals surface area contributed by atoms with E-state index in [0.29, 0.717) is 6.04 Å². The number of hydrogen-bond acceptors (Lipinski definition) is 5. The molecule has 2 heterocycles. The predicted molar refractivity (Wildman–Crippen MR) is 82.2 cm³/mol. The third-order valence-corrected chi connectivity index (χ3v) is 3.82. The number of nitrogens with zero attached hydrogens (tertiary/aromatic N) is 1. The highest BCUT2D eigenvalue weighted by Crippen LogP contribution is 2.34. The maximum Gasteiger partial charge on any atom is 0.136 e. The number of fused-ring (bicyclic) bond motifs is 1. The average Bonchev–Trinajstić information content (AvgIpc) is 2.49. The van der Waals surface area contributed by atoms with Crippen molar-refractivity contribution in [3.8, 4) is 5.75 Å². The summed E-state index contributed by atoms with van der Waals surface area (Å²) in [6.07, 6.45) is 4.00. The Morgan fingerprint density at radius 1 is 1.30 bits per heavy atom. The van der Waals surface area contributed by atoms with E-state index in [4.69, 9.17) is 10.5 Å². The van der Waals surface area contributed by atoms with Gasteiger partial charge in [-0.25, -0.2) is 4.98 Å². The summed E-state index contributed by atoms with van der Waals surface area (Å²) >= 11 is 0. The second kappa shape index (κ2) is 5.54. The van der Waals surface area contributed by atoms with Crippen LogP contribution in [-0.2, 0) is 0 Å². The molecule has 0 aliphatic carbocycles. The van der Waals surface area contributed by atoms with Crippen LogP contribution in [0.4, 0.5) is 11.5 Å². The fourth-order valence-electron chi connectivity index (χ4n) is 2.74. The minimum atomic E-state index is 0.444. The second-order valence-electron chi connectivity index (χ2n) is 5.11. The third kappa shape index (κ3) is 2.36. The van der Waals surface area contributed by atoms with E-state index in [1.54, 1.807) is 13.3 Å². The molecule has 0 unspecified atom stereocenters. The van der Waals surface area contributed by atoms with Crippen LogP contribution in [0.3, 0.4) is 0 Å². The first-order valence-electron chi connectivity index (χ1n) is 6.98. The highest BCUT2D eigenvalue weighted by molar-refractivity contribution is 6.03. The molecule has 1 aliphatic heterocycles. The summed E-state index contributed by atoms with van der Waals surface area (Å²) < 4.78 is 5.41. The van der Waals surface area contributed by atoms with Crippen molar-refractivity contribution < 1.29 is 4.74 Å². The topological polar surface area (TPSA) is 72.2 Å². The average molecular weight is 272 g/mol. The van der Waals surface area contributed by atoms with Crippen LogP contribution in [0.15, 0.2) is 24.4 Å². The molecule has 106 valence electrons. The molecule has 1 saturated heterocycles. The minimum absolute atomic E-state index is 0.444. The van der Waals surface area contributed by atoms with E-state index in [9.17, 15) is 0 Å². The first-order chi connectivity index (χ1) is 9.79. The van der Waals surface area contributed by atoms with Crippen molar-refractivity contribution in [1.29, 1.82) is 0 Å². The zero-order valence-electron chi connectivity index (χ0n) is 11.6. The summed E-state index contributed by atoms with van der Waals surface area (Å²) in [5.41, 5.74) is 6.86. The molecule has 2 aromatic rings. The molecule has 1 aliphatic rings. The van der Waals surface area contributed by atoms with E-state index in [0.717, 1.165) is 54.0 Å². The predicted octanol–water partition coefficient (Wildman–Crippen LogP) is 1.99. The highest BCUT2D eigenvalue weighted by atomic mass is 16.5. The molecule has 1 aromatic carbocycles. The number of pyridine rings is 1. The molecule has 0 bridgehead atoms. The van der Waals surface area contributed by atoms with E-state index < -0.39 is 0 Å². The molecular weight excluding hydrogens is 252 g/mol. The molecule has 1 fully saturated rings. The number of benzene rings is 1. The van der Waals surface area contributed by atoms with Gasteiger partial charge in [-0.1, -0.05) is 0 Å². The van der Waals surface area contributed by atoms with Crippen LogP contribution in [0, 0.1) is 0 Å². The molecule has 5 nitrogen and oxygen atoms in total. The lowest BCUT2D eigenvalue weighted by Crippen LogP contribution is -2.35. The van der Waals surface area contributed by atoms with Crippen LogP contribution in [0.25, 0.3) is 10.8 Å². The number of ether oxygens (including phenoxy) is 1. The molecule has 0 saturated carbocycles. The first-order valence-corrected chi connectivity index (χ1v) is 6.98. The minimum Gasteiger partial charge on any atom is -0.496 e. The van der Waals surface area contributed by atoms with E-state index in [1.807, 2.05) is 18.2 Å². The van der Waals surface area contributed by atoms with E-state index >= 15 is 0 Å². The van der Waals surface area contributed by atoms with Crippen molar-refractivity contribution in [2.75, 3.05) is 31.2 Å². The molecule has 5 heteroatoms. The maximum atomic E-state index is 6.14. The van der Waals surface area contributed by atoms with Crippen molar-refractivity contribution in [1.82, 2.24) is 10.3 Å². The van der Waals surface area contributed by atoms with Gasteiger partial charge in [0.25, 0.3) is 0 Å². The van der Waals surface area contributed by atoms with Gasteiger partial charge in [-0.05, 0) is 44.1 Å². The van der Waals surface area contributed by atoms with Gasteiger partial charge in [-0.2, -0.15) is 0 Å². The monoisotopic (exact) mass is 272 g/mol. The number of nitrogens with one attached hydrogen (secondary N) is 2. The van der Waals surface area contributed by atoms with Crippen LogP contribution in [0.2, 0.25) is 0 Å². The van der Waals surface area contributed by atoms with Crippen molar-refractivity contribution in [2.45, 2.75) is 18.9 Å². The molecule has 1 aromatic heterocycles. The third-order valence-electron chi connectivity index (χ3n) is 3.82. The molecule has 0 amide bonds. The summed E-state index contributed by atoms with van der Waals surface area (Å²) in [6, 6.07) is 6.15. The van der Waals surface area contributed by atoms with Crippen molar-refractivity contribution in [3.05, 3.63) is 24.4 Å². The first kappa shape index (κ1) is 13.0. The molecule has 0 radical (unpaired) electrons. The number of nitrogen functional groups attached to an aromatic ring is 1. The van der Waals surface area contributed by atoms with Crippen LogP contribution >= 0.6 is 0 Å². The van der Waals surface area contributed by atoms with E-state index in [-0.39, 0.29) is 0 Å². The van der Waals surface area contributed by atoms with Gasteiger partial charge in [0.1, 0.15) is 11.6 Å². The Labute approximate surface area is 118 Å². The Bertz CT molecular complexity index is 608. The largest absolute Gasteiger partial charge is 0.496 e. The Morgan fingerprint density at radius 2 is 2.10 bits per heavy atom. The fourth-order valence-corrected chi connectivity index (χ4v) is 2.74. The van der Waals surface area contributed by atoms with Crippen LogP contribution in [0.1, 0.15) is 12.8 Å². The van der Waals surface area contributed by atoms with Gasteiger partial charge in [0.15, 0.2) is 0 Å². The Balaban J connectivity index is 2.01. The standard InChI is InChI=1S/C15H20N4O/c1-20-13-3-2-12(16)14-11(13)6-9-18-15(14)19-10-4-7-17-8-5-10/h2-3,6,9-10,17H,4-5,7-8,16H2,1H3,(H,18,19). The van der Waals surface area contributed by atoms with Crippen molar-refractivity contribution >= 4 is 22.3 Å². The molecule has 3 rings (SSSR count). The Morgan fingerprint density at radius 3 is 2.85 bits per heavy atom. The molecule has 20 heavy (non-hydrogen) atoms. The number of nitrogens with two attached hydrogens (primary N) is 1. The summed E-state index contributed by atoms with van der Waals surface area (Å²) in [4.78, 5) is 4.47. The van der Waals surface area contributed by atoms with Crippen molar-refractivity contribution in [2.24, 2.45) is 0 Å². The number of aromatic nitrogens is 1. The zero-order valence-corrected chi connectivity index (χ0v) is 11.6. The summed E-state index contributed by atoms with van der Waals surface area (Å²) in [7, 11) is 1.67. The number of hydrogen-bond donors (Lipinski definition) is 3. The van der Waals surface area contributed by atoms with Gasteiger partial charge >= 0.3 is 0 Å². The molecule has 4 N–H and O–H groups in total. The lowest BCUT2D eigenvalue weighted by molar-refractivity contribution is 0.420. The second-order valence-corrected chi connectivity index (χ2v) is 5.11.